The number of nitrogens with zero attached hydrogens (tertiary/aromatic N) is 6. The molecule has 0 atom stereocenters. The first-order valence-corrected chi connectivity index (χ1v) is 14.1. The normalized spacial score (nSPS) is 11.7. The lowest BCUT2D eigenvalue weighted by molar-refractivity contribution is 0.552. The van der Waals surface area contributed by atoms with Crippen LogP contribution in [0.5, 0.6) is 0 Å². The Morgan fingerprint density at radius 1 is 0.950 bits per heavy atom. The van der Waals surface area contributed by atoms with Gasteiger partial charge in [0.1, 0.15) is 17.2 Å². The van der Waals surface area contributed by atoms with Crippen LogP contribution in [0.1, 0.15) is 31.2 Å². The fourth-order valence-electron chi connectivity index (χ4n) is 4.28. The van der Waals surface area contributed by atoms with E-state index in [1.54, 1.807) is 30.3 Å². The monoisotopic (exact) mass is 563 g/mol. The minimum atomic E-state index is -4.13. The summed E-state index contributed by atoms with van der Waals surface area (Å²) in [5.41, 5.74) is -1.04. The predicted molar refractivity (Wildman–Crippen MR) is 147 cm³/mol. The number of halogens is 1. The number of unbranched alkanes of at least 4 members (excludes halogenated alkanes) is 1. The van der Waals surface area contributed by atoms with Gasteiger partial charge in [-0.15, -0.1) is 0 Å². The van der Waals surface area contributed by atoms with Crippen LogP contribution in [0, 0.1) is 5.82 Å². The van der Waals surface area contributed by atoms with Crippen molar-refractivity contribution in [3.63, 3.8) is 0 Å². The largest absolute Gasteiger partial charge is 0.335 e. The summed E-state index contributed by atoms with van der Waals surface area (Å²) in [5.74, 6) is -0.525. The molecule has 0 unspecified atom stereocenters. The first kappa shape index (κ1) is 26.9. The Hall–Kier alpha value is -4.65. The summed E-state index contributed by atoms with van der Waals surface area (Å²) in [6, 6.07) is 15.3. The van der Waals surface area contributed by atoms with E-state index >= 15 is 0 Å². The molecule has 0 spiro atoms. The van der Waals surface area contributed by atoms with Crippen LogP contribution in [0.3, 0.4) is 0 Å². The van der Waals surface area contributed by atoms with Crippen molar-refractivity contribution in [3.8, 4) is 0 Å². The van der Waals surface area contributed by atoms with E-state index < -0.39 is 27.1 Å². The average molecular weight is 564 g/mol. The van der Waals surface area contributed by atoms with Crippen LogP contribution in [0.15, 0.2) is 87.5 Å². The van der Waals surface area contributed by atoms with E-state index in [9.17, 15) is 22.4 Å². The first-order chi connectivity index (χ1) is 19.3. The number of hydrogen-bond acceptors (Lipinski definition) is 7. The van der Waals surface area contributed by atoms with Gasteiger partial charge in [-0.1, -0.05) is 49.7 Å². The number of anilines is 1. The van der Waals surface area contributed by atoms with E-state index in [1.165, 1.54) is 47.3 Å². The van der Waals surface area contributed by atoms with E-state index in [0.29, 0.717) is 6.42 Å². The number of H-pyrrole nitrogens is 1. The predicted octanol–water partition coefficient (Wildman–Crippen LogP) is 3.06. The summed E-state index contributed by atoms with van der Waals surface area (Å²) in [7, 11) is -4.13. The molecule has 40 heavy (non-hydrogen) atoms. The molecule has 3 heterocycles. The molecule has 5 rings (SSSR count). The van der Waals surface area contributed by atoms with Crippen molar-refractivity contribution in [2.24, 2.45) is 0 Å². The highest BCUT2D eigenvalue weighted by Gasteiger charge is 2.29. The van der Waals surface area contributed by atoms with Gasteiger partial charge >= 0.3 is 5.69 Å². The second kappa shape index (κ2) is 11.2. The number of nitrogens with one attached hydrogen (secondary N) is 1. The Kier molecular flexibility index (Phi) is 7.56. The summed E-state index contributed by atoms with van der Waals surface area (Å²) >= 11 is 0. The summed E-state index contributed by atoms with van der Waals surface area (Å²) in [6.45, 7) is 1.61. The maximum absolute atomic E-state index is 14.4. The Morgan fingerprint density at radius 2 is 1.65 bits per heavy atom. The minimum absolute atomic E-state index is 0.00748. The standard InChI is InChI=1S/C27H26FN7O4S/c1-2-3-16-33-24-23(25(36)34(27(33)37)17-19-10-7-8-13-21(19)28)31-22(32-24)18-35(26-29-14-9-15-30-26)40(38,39)20-11-5-4-6-12-20/h4-15H,2-3,16-18H2,1H3,(H,31,32). The van der Waals surface area contributed by atoms with Crippen molar-refractivity contribution in [1.82, 2.24) is 29.1 Å². The fraction of sp³-hybridized carbons (Fsp3) is 0.222. The summed E-state index contributed by atoms with van der Waals surface area (Å²) in [4.78, 5) is 42.6. The zero-order chi connectivity index (χ0) is 28.3. The molecule has 0 saturated heterocycles. The van der Waals surface area contributed by atoms with Gasteiger partial charge in [0.15, 0.2) is 5.65 Å². The number of benzene rings is 2. The summed E-state index contributed by atoms with van der Waals surface area (Å²) in [5, 5.41) is 0. The topological polar surface area (TPSA) is 136 Å². The lowest BCUT2D eigenvalue weighted by atomic mass is 10.2. The quantitative estimate of drug-likeness (QED) is 0.276. The molecule has 0 aliphatic carbocycles. The van der Waals surface area contributed by atoms with Gasteiger partial charge in [0.2, 0.25) is 5.95 Å². The minimum Gasteiger partial charge on any atom is -0.335 e. The van der Waals surface area contributed by atoms with E-state index in [1.807, 2.05) is 6.92 Å². The van der Waals surface area contributed by atoms with Crippen LogP contribution >= 0.6 is 0 Å². The molecule has 0 aliphatic heterocycles. The molecule has 0 radical (unpaired) electrons. The van der Waals surface area contributed by atoms with Gasteiger partial charge in [0.25, 0.3) is 15.6 Å². The zero-order valence-electron chi connectivity index (χ0n) is 21.6. The second-order valence-electron chi connectivity index (χ2n) is 9.03. The molecule has 3 aromatic heterocycles. The highest BCUT2D eigenvalue weighted by molar-refractivity contribution is 7.92. The number of hydrogen-bond donors (Lipinski definition) is 1. The number of imidazole rings is 1. The zero-order valence-corrected chi connectivity index (χ0v) is 22.4. The van der Waals surface area contributed by atoms with Crippen molar-refractivity contribution >= 4 is 27.1 Å². The van der Waals surface area contributed by atoms with Crippen LogP contribution in [-0.4, -0.2) is 37.5 Å². The van der Waals surface area contributed by atoms with Crippen LogP contribution in [0.2, 0.25) is 0 Å². The van der Waals surface area contributed by atoms with E-state index in [2.05, 4.69) is 19.9 Å². The summed E-state index contributed by atoms with van der Waals surface area (Å²) < 4.78 is 44.9. The van der Waals surface area contributed by atoms with Crippen LogP contribution < -0.4 is 15.6 Å². The third-order valence-corrected chi connectivity index (χ3v) is 8.07. The van der Waals surface area contributed by atoms with Gasteiger partial charge in [-0.2, -0.15) is 0 Å². The van der Waals surface area contributed by atoms with E-state index in [4.69, 9.17) is 0 Å². The van der Waals surface area contributed by atoms with Gasteiger partial charge < -0.3 is 4.98 Å². The maximum atomic E-state index is 14.4. The molecule has 0 fully saturated rings. The second-order valence-corrected chi connectivity index (χ2v) is 10.9. The maximum Gasteiger partial charge on any atom is 0.333 e. The smallest absolute Gasteiger partial charge is 0.333 e. The summed E-state index contributed by atoms with van der Waals surface area (Å²) in [6.07, 6.45) is 4.23. The van der Waals surface area contributed by atoms with Gasteiger partial charge in [-0.25, -0.2) is 36.9 Å². The van der Waals surface area contributed by atoms with Gasteiger partial charge in [0.05, 0.1) is 18.0 Å². The lowest BCUT2D eigenvalue weighted by Gasteiger charge is -2.21. The fourth-order valence-corrected chi connectivity index (χ4v) is 5.64. The Bertz CT molecular complexity index is 1870. The molecule has 206 valence electrons. The van der Waals surface area contributed by atoms with E-state index in [-0.39, 0.29) is 53.0 Å². The molecule has 0 amide bonds. The van der Waals surface area contributed by atoms with Gasteiger partial charge in [-0.3, -0.25) is 13.9 Å². The lowest BCUT2D eigenvalue weighted by Crippen LogP contribution is -2.40. The molecular weight excluding hydrogens is 537 g/mol. The first-order valence-electron chi connectivity index (χ1n) is 12.6. The molecule has 1 N–H and O–H groups in total. The highest BCUT2D eigenvalue weighted by Crippen LogP contribution is 2.22. The Labute approximate surface area is 228 Å². The molecule has 11 nitrogen and oxygen atoms in total. The molecule has 13 heteroatoms. The number of sulfonamides is 1. The molecule has 0 saturated carbocycles. The number of aryl methyl sites for hydroxylation is 1. The SMILES string of the molecule is CCCCn1c(=O)n(Cc2ccccc2F)c(=O)c2[nH]c(CN(c3ncccn3)S(=O)(=O)c3ccccc3)nc21. The number of aromatic amines is 1. The third kappa shape index (κ3) is 5.15. The third-order valence-electron chi connectivity index (χ3n) is 6.33. The highest BCUT2D eigenvalue weighted by atomic mass is 32.2. The number of fused-ring (bicyclic) bond motifs is 1. The molecular formula is C27H26FN7O4S. The molecule has 2 aromatic carbocycles. The van der Waals surface area contributed by atoms with Crippen molar-refractivity contribution in [1.29, 1.82) is 0 Å². The molecule has 0 aliphatic rings. The van der Waals surface area contributed by atoms with Gasteiger partial charge in [-0.05, 0) is 30.7 Å². The molecule has 5 aromatic rings. The Morgan fingerprint density at radius 3 is 2.35 bits per heavy atom. The average Bonchev–Trinajstić information content (AvgIpc) is 3.40. The van der Waals surface area contributed by atoms with Crippen LogP contribution in [0.25, 0.3) is 11.2 Å². The van der Waals surface area contributed by atoms with Crippen molar-refractivity contribution in [2.45, 2.75) is 44.3 Å². The number of rotatable bonds is 10. The van der Waals surface area contributed by atoms with E-state index in [0.717, 1.165) is 15.3 Å². The molecule has 0 bridgehead atoms. The number of aromatic nitrogens is 6. The van der Waals surface area contributed by atoms with Crippen molar-refractivity contribution in [3.05, 3.63) is 111 Å². The van der Waals surface area contributed by atoms with Crippen molar-refractivity contribution in [2.75, 3.05) is 4.31 Å². The Balaban J connectivity index is 1.64. The van der Waals surface area contributed by atoms with Crippen molar-refractivity contribution < 1.29 is 12.8 Å². The van der Waals surface area contributed by atoms with Gasteiger partial charge in [0, 0.05) is 24.5 Å². The van der Waals surface area contributed by atoms with Crippen LogP contribution in [-0.2, 0) is 29.7 Å². The van der Waals surface area contributed by atoms with Crippen LogP contribution in [0.4, 0.5) is 10.3 Å².